The molecule has 0 aliphatic heterocycles. The average molecular weight is 194 g/mol. The molecular formula is C10H18N4. The number of anilines is 1. The van der Waals surface area contributed by atoms with E-state index in [1.165, 1.54) is 0 Å². The van der Waals surface area contributed by atoms with Crippen molar-refractivity contribution in [1.82, 2.24) is 15.3 Å². The van der Waals surface area contributed by atoms with Gasteiger partial charge < -0.3 is 10.2 Å². The Kier molecular flexibility index (Phi) is 4.93. The molecule has 1 heterocycles. The molecule has 1 aromatic heterocycles. The molecule has 1 N–H and O–H groups in total. The van der Waals surface area contributed by atoms with Crippen LogP contribution in [0.3, 0.4) is 0 Å². The summed E-state index contributed by atoms with van der Waals surface area (Å²) in [7, 11) is 0. The smallest absolute Gasteiger partial charge is 0.147 e. The van der Waals surface area contributed by atoms with Crippen molar-refractivity contribution in [3.8, 4) is 0 Å². The molecule has 0 aliphatic carbocycles. The van der Waals surface area contributed by atoms with Gasteiger partial charge in [0.15, 0.2) is 0 Å². The van der Waals surface area contributed by atoms with E-state index in [1.54, 1.807) is 18.6 Å². The standard InChI is InChI=1S/C10H18N4/c1-3-11-7-8-14(4-2)10-9-12-5-6-13-10/h5-6,9,11H,3-4,7-8H2,1-2H3. The lowest BCUT2D eigenvalue weighted by atomic mass is 10.4. The molecule has 0 saturated carbocycles. The van der Waals surface area contributed by atoms with Gasteiger partial charge in [-0.2, -0.15) is 0 Å². The Hall–Kier alpha value is -1.16. The molecule has 0 bridgehead atoms. The Morgan fingerprint density at radius 1 is 1.36 bits per heavy atom. The SMILES string of the molecule is CCNCCN(CC)c1cnccn1. The van der Waals surface area contributed by atoms with E-state index in [2.05, 4.69) is 34.0 Å². The Balaban J connectivity index is 2.46. The van der Waals surface area contributed by atoms with E-state index < -0.39 is 0 Å². The molecule has 14 heavy (non-hydrogen) atoms. The molecule has 0 amide bonds. The van der Waals surface area contributed by atoms with Gasteiger partial charge in [-0.1, -0.05) is 6.92 Å². The van der Waals surface area contributed by atoms with Gasteiger partial charge in [-0.25, -0.2) is 4.98 Å². The molecule has 1 rings (SSSR count). The molecule has 78 valence electrons. The minimum absolute atomic E-state index is 0.952. The number of hydrogen-bond acceptors (Lipinski definition) is 4. The van der Waals surface area contributed by atoms with Crippen molar-refractivity contribution in [3.63, 3.8) is 0 Å². The molecule has 0 unspecified atom stereocenters. The number of aromatic nitrogens is 2. The van der Waals surface area contributed by atoms with Crippen molar-refractivity contribution in [2.24, 2.45) is 0 Å². The quantitative estimate of drug-likeness (QED) is 0.683. The van der Waals surface area contributed by atoms with Crippen LogP contribution < -0.4 is 10.2 Å². The van der Waals surface area contributed by atoms with E-state index in [0.29, 0.717) is 0 Å². The maximum absolute atomic E-state index is 4.26. The third-order valence-electron chi connectivity index (χ3n) is 2.06. The van der Waals surface area contributed by atoms with E-state index in [-0.39, 0.29) is 0 Å². The zero-order valence-corrected chi connectivity index (χ0v) is 8.90. The first kappa shape index (κ1) is 10.9. The summed E-state index contributed by atoms with van der Waals surface area (Å²) in [6.45, 7) is 8.17. The van der Waals surface area contributed by atoms with Crippen LogP contribution in [0.25, 0.3) is 0 Å². The Morgan fingerprint density at radius 3 is 2.79 bits per heavy atom. The average Bonchev–Trinajstić information content (AvgIpc) is 2.26. The molecule has 4 heteroatoms. The molecular weight excluding hydrogens is 176 g/mol. The zero-order chi connectivity index (χ0) is 10.2. The third kappa shape index (κ3) is 3.30. The normalized spacial score (nSPS) is 10.1. The van der Waals surface area contributed by atoms with E-state index in [0.717, 1.165) is 32.0 Å². The van der Waals surface area contributed by atoms with Gasteiger partial charge in [-0.3, -0.25) is 4.98 Å². The first-order valence-electron chi connectivity index (χ1n) is 5.10. The van der Waals surface area contributed by atoms with Crippen LogP contribution in [0.1, 0.15) is 13.8 Å². The van der Waals surface area contributed by atoms with E-state index in [1.807, 2.05) is 0 Å². The Labute approximate surface area is 85.4 Å². The van der Waals surface area contributed by atoms with Gasteiger partial charge in [0.1, 0.15) is 5.82 Å². The van der Waals surface area contributed by atoms with Crippen LogP contribution in [0.2, 0.25) is 0 Å². The summed E-state index contributed by atoms with van der Waals surface area (Å²) in [6, 6.07) is 0. The fourth-order valence-corrected chi connectivity index (χ4v) is 1.28. The molecule has 4 nitrogen and oxygen atoms in total. The van der Waals surface area contributed by atoms with Crippen molar-refractivity contribution in [3.05, 3.63) is 18.6 Å². The number of hydrogen-bond donors (Lipinski definition) is 1. The predicted molar refractivity (Wildman–Crippen MR) is 58.5 cm³/mol. The maximum atomic E-state index is 4.26. The highest BCUT2D eigenvalue weighted by Gasteiger charge is 2.03. The Morgan fingerprint density at radius 2 is 2.21 bits per heavy atom. The minimum Gasteiger partial charge on any atom is -0.354 e. The molecule has 0 radical (unpaired) electrons. The molecule has 0 aromatic carbocycles. The summed E-state index contributed by atoms with van der Waals surface area (Å²) in [5.74, 6) is 0.952. The molecule has 0 atom stereocenters. The van der Waals surface area contributed by atoms with E-state index in [9.17, 15) is 0 Å². The summed E-state index contributed by atoms with van der Waals surface area (Å²) >= 11 is 0. The summed E-state index contributed by atoms with van der Waals surface area (Å²) in [6.07, 6.45) is 5.22. The second kappa shape index (κ2) is 6.32. The predicted octanol–water partition coefficient (Wildman–Crippen LogP) is 0.912. The molecule has 0 saturated heterocycles. The van der Waals surface area contributed by atoms with E-state index in [4.69, 9.17) is 0 Å². The highest BCUT2D eigenvalue weighted by molar-refractivity contribution is 5.34. The van der Waals surface area contributed by atoms with Crippen molar-refractivity contribution in [1.29, 1.82) is 0 Å². The Bertz CT molecular complexity index is 237. The first-order valence-corrected chi connectivity index (χ1v) is 5.10. The minimum atomic E-state index is 0.952. The van der Waals surface area contributed by atoms with Crippen molar-refractivity contribution < 1.29 is 0 Å². The van der Waals surface area contributed by atoms with Crippen LogP contribution in [0, 0.1) is 0 Å². The fraction of sp³-hybridized carbons (Fsp3) is 0.600. The first-order chi connectivity index (χ1) is 6.88. The second-order valence-electron chi connectivity index (χ2n) is 3.00. The highest BCUT2D eigenvalue weighted by atomic mass is 15.2. The van der Waals surface area contributed by atoms with Crippen LogP contribution in [-0.4, -0.2) is 36.1 Å². The number of nitrogens with one attached hydrogen (secondary N) is 1. The topological polar surface area (TPSA) is 41.0 Å². The van der Waals surface area contributed by atoms with Crippen LogP contribution in [0.4, 0.5) is 5.82 Å². The van der Waals surface area contributed by atoms with Crippen LogP contribution in [0.5, 0.6) is 0 Å². The number of nitrogens with zero attached hydrogens (tertiary/aromatic N) is 3. The molecule has 0 aliphatic rings. The fourth-order valence-electron chi connectivity index (χ4n) is 1.28. The largest absolute Gasteiger partial charge is 0.354 e. The van der Waals surface area contributed by atoms with Crippen LogP contribution in [-0.2, 0) is 0 Å². The summed E-state index contributed by atoms with van der Waals surface area (Å²) < 4.78 is 0. The molecule has 0 fully saturated rings. The maximum Gasteiger partial charge on any atom is 0.147 e. The lowest BCUT2D eigenvalue weighted by Gasteiger charge is -2.21. The van der Waals surface area contributed by atoms with Crippen LogP contribution in [0.15, 0.2) is 18.6 Å². The van der Waals surface area contributed by atoms with Gasteiger partial charge in [-0.05, 0) is 13.5 Å². The van der Waals surface area contributed by atoms with Gasteiger partial charge >= 0.3 is 0 Å². The van der Waals surface area contributed by atoms with E-state index >= 15 is 0 Å². The van der Waals surface area contributed by atoms with Gasteiger partial charge in [0.25, 0.3) is 0 Å². The zero-order valence-electron chi connectivity index (χ0n) is 8.90. The van der Waals surface area contributed by atoms with Crippen molar-refractivity contribution in [2.45, 2.75) is 13.8 Å². The van der Waals surface area contributed by atoms with Crippen molar-refractivity contribution >= 4 is 5.82 Å². The lowest BCUT2D eigenvalue weighted by molar-refractivity contribution is 0.683. The van der Waals surface area contributed by atoms with Gasteiger partial charge in [0.2, 0.25) is 0 Å². The molecule has 1 aromatic rings. The van der Waals surface area contributed by atoms with Gasteiger partial charge in [0, 0.05) is 32.0 Å². The summed E-state index contributed by atoms with van der Waals surface area (Å²) in [5.41, 5.74) is 0. The number of likely N-dealkylation sites (N-methyl/N-ethyl adjacent to an activating group) is 2. The van der Waals surface area contributed by atoms with Crippen molar-refractivity contribution in [2.75, 3.05) is 31.1 Å². The summed E-state index contributed by atoms with van der Waals surface area (Å²) in [5, 5.41) is 3.29. The van der Waals surface area contributed by atoms with Gasteiger partial charge in [-0.15, -0.1) is 0 Å². The second-order valence-corrected chi connectivity index (χ2v) is 3.00. The molecule has 0 spiro atoms. The highest BCUT2D eigenvalue weighted by Crippen LogP contribution is 2.05. The van der Waals surface area contributed by atoms with Crippen LogP contribution >= 0.6 is 0 Å². The third-order valence-corrected chi connectivity index (χ3v) is 2.06. The lowest BCUT2D eigenvalue weighted by Crippen LogP contribution is -2.32. The monoisotopic (exact) mass is 194 g/mol. The summed E-state index contributed by atoms with van der Waals surface area (Å²) in [4.78, 5) is 10.5. The number of rotatable bonds is 6. The van der Waals surface area contributed by atoms with Gasteiger partial charge in [0.05, 0.1) is 6.20 Å².